The highest BCUT2D eigenvalue weighted by molar-refractivity contribution is 14.0. The van der Waals surface area contributed by atoms with E-state index >= 15 is 0 Å². The predicted octanol–water partition coefficient (Wildman–Crippen LogP) is 3.03. The summed E-state index contributed by atoms with van der Waals surface area (Å²) in [5.41, 5.74) is 1.13. The highest BCUT2D eigenvalue weighted by atomic mass is 127. The Morgan fingerprint density at radius 2 is 1.89 bits per heavy atom. The zero-order chi connectivity index (χ0) is 18.9. The summed E-state index contributed by atoms with van der Waals surface area (Å²) in [5.74, 6) is 4.05. The molecule has 2 rings (SSSR count). The molecule has 7 nitrogen and oxygen atoms in total. The van der Waals surface area contributed by atoms with Gasteiger partial charge in [0.1, 0.15) is 11.6 Å². The molecule has 0 fully saturated rings. The lowest BCUT2D eigenvalue weighted by Crippen LogP contribution is -2.38. The van der Waals surface area contributed by atoms with E-state index in [2.05, 4.69) is 34.7 Å². The van der Waals surface area contributed by atoms with Gasteiger partial charge in [-0.05, 0) is 37.0 Å². The second kappa shape index (κ2) is 11.8. The van der Waals surface area contributed by atoms with Crippen LogP contribution in [0, 0.1) is 12.8 Å². The molecule has 0 saturated heterocycles. The van der Waals surface area contributed by atoms with E-state index in [4.69, 9.17) is 9.73 Å². The first kappa shape index (κ1) is 23.2. The van der Waals surface area contributed by atoms with Gasteiger partial charge in [0.05, 0.1) is 20.2 Å². The van der Waals surface area contributed by atoms with Crippen LogP contribution in [0.2, 0.25) is 0 Å². The molecule has 0 bridgehead atoms. The number of hydrogen-bond acceptors (Lipinski definition) is 4. The number of halogens is 1. The average Bonchev–Trinajstić information content (AvgIpc) is 2.95. The third kappa shape index (κ3) is 7.74. The molecule has 0 aliphatic heterocycles. The number of rotatable bonds is 8. The van der Waals surface area contributed by atoms with E-state index in [9.17, 15) is 0 Å². The van der Waals surface area contributed by atoms with Crippen LogP contribution in [0.1, 0.15) is 37.5 Å². The van der Waals surface area contributed by atoms with Crippen LogP contribution < -0.4 is 15.4 Å². The third-order valence-corrected chi connectivity index (χ3v) is 4.19. The van der Waals surface area contributed by atoms with Crippen LogP contribution in [-0.2, 0) is 20.1 Å². The Labute approximate surface area is 179 Å². The average molecular weight is 486 g/mol. The van der Waals surface area contributed by atoms with Crippen molar-refractivity contribution in [2.24, 2.45) is 18.0 Å². The van der Waals surface area contributed by atoms with Gasteiger partial charge in [0.2, 0.25) is 0 Å². The van der Waals surface area contributed by atoms with Gasteiger partial charge in [-0.3, -0.25) is 0 Å². The maximum atomic E-state index is 5.20. The van der Waals surface area contributed by atoms with Gasteiger partial charge in [-0.1, -0.05) is 26.0 Å². The van der Waals surface area contributed by atoms with E-state index in [0.717, 1.165) is 41.9 Å². The van der Waals surface area contributed by atoms with Crippen LogP contribution in [0.3, 0.4) is 0 Å². The Hall–Kier alpha value is -1.84. The van der Waals surface area contributed by atoms with E-state index in [-0.39, 0.29) is 24.0 Å². The van der Waals surface area contributed by atoms with Crippen LogP contribution in [0.25, 0.3) is 0 Å². The molecule has 1 heterocycles. The van der Waals surface area contributed by atoms with E-state index in [1.165, 1.54) is 0 Å². The molecule has 0 atom stereocenters. The minimum Gasteiger partial charge on any atom is -0.497 e. The largest absolute Gasteiger partial charge is 0.497 e. The van der Waals surface area contributed by atoms with E-state index < -0.39 is 0 Å². The standard InChI is InChI=1S/C19H30N6O.HI/c1-14(2)10-11-20-19(22-13-18-24-23-15(3)25(18)4)21-12-16-6-8-17(26-5)9-7-16;/h6-9,14H,10-13H2,1-5H3,(H2,20,21,22);1H. The number of ether oxygens (including phenoxy) is 1. The number of guanidine groups is 1. The predicted molar refractivity (Wildman–Crippen MR) is 120 cm³/mol. The topological polar surface area (TPSA) is 76.4 Å². The van der Waals surface area contributed by atoms with Crippen molar-refractivity contribution in [3.63, 3.8) is 0 Å². The molecular weight excluding hydrogens is 455 g/mol. The number of nitrogens with one attached hydrogen (secondary N) is 2. The Kier molecular flexibility index (Phi) is 10.1. The van der Waals surface area contributed by atoms with Crippen molar-refractivity contribution < 1.29 is 4.74 Å². The summed E-state index contributed by atoms with van der Waals surface area (Å²) in [4.78, 5) is 4.69. The molecule has 2 N–H and O–H groups in total. The van der Waals surface area contributed by atoms with Crippen LogP contribution in [0.15, 0.2) is 29.3 Å². The summed E-state index contributed by atoms with van der Waals surface area (Å²) in [6.45, 7) is 8.42. The van der Waals surface area contributed by atoms with Gasteiger partial charge in [0.15, 0.2) is 11.8 Å². The molecule has 0 unspecified atom stereocenters. The summed E-state index contributed by atoms with van der Waals surface area (Å²) >= 11 is 0. The lowest BCUT2D eigenvalue weighted by molar-refractivity contribution is 0.414. The van der Waals surface area contributed by atoms with Crippen molar-refractivity contribution in [1.82, 2.24) is 25.4 Å². The Morgan fingerprint density at radius 1 is 1.19 bits per heavy atom. The van der Waals surface area contributed by atoms with Crippen LogP contribution in [0.4, 0.5) is 0 Å². The van der Waals surface area contributed by atoms with Crippen molar-refractivity contribution in [2.75, 3.05) is 13.7 Å². The van der Waals surface area contributed by atoms with Crippen LogP contribution >= 0.6 is 24.0 Å². The minimum atomic E-state index is 0. The number of aryl methyl sites for hydroxylation is 1. The second-order valence-electron chi connectivity index (χ2n) is 6.70. The van der Waals surface area contributed by atoms with Gasteiger partial charge in [-0.15, -0.1) is 34.2 Å². The molecule has 2 aromatic rings. The van der Waals surface area contributed by atoms with E-state index in [0.29, 0.717) is 19.0 Å². The van der Waals surface area contributed by atoms with Gasteiger partial charge in [-0.25, -0.2) is 4.99 Å². The van der Waals surface area contributed by atoms with E-state index in [1.807, 2.05) is 42.8 Å². The smallest absolute Gasteiger partial charge is 0.191 e. The van der Waals surface area contributed by atoms with Gasteiger partial charge in [0, 0.05) is 13.6 Å². The van der Waals surface area contributed by atoms with Crippen molar-refractivity contribution in [3.8, 4) is 5.75 Å². The number of aromatic nitrogens is 3. The monoisotopic (exact) mass is 486 g/mol. The Balaban J connectivity index is 0.00000364. The van der Waals surface area contributed by atoms with E-state index in [1.54, 1.807) is 7.11 Å². The minimum absolute atomic E-state index is 0. The molecule has 0 amide bonds. The molecule has 0 saturated carbocycles. The first-order valence-electron chi connectivity index (χ1n) is 8.99. The first-order valence-corrected chi connectivity index (χ1v) is 8.99. The lowest BCUT2D eigenvalue weighted by atomic mass is 10.1. The highest BCUT2D eigenvalue weighted by Crippen LogP contribution is 2.11. The van der Waals surface area contributed by atoms with Gasteiger partial charge < -0.3 is 19.9 Å². The lowest BCUT2D eigenvalue weighted by Gasteiger charge is -2.13. The normalized spacial score (nSPS) is 11.3. The summed E-state index contributed by atoms with van der Waals surface area (Å²) in [6.07, 6.45) is 1.09. The highest BCUT2D eigenvalue weighted by Gasteiger charge is 2.06. The third-order valence-electron chi connectivity index (χ3n) is 4.19. The molecule has 8 heteroatoms. The maximum Gasteiger partial charge on any atom is 0.191 e. The van der Waals surface area contributed by atoms with Gasteiger partial charge in [-0.2, -0.15) is 0 Å². The quantitative estimate of drug-likeness (QED) is 0.341. The molecule has 0 aliphatic carbocycles. The maximum absolute atomic E-state index is 5.20. The summed E-state index contributed by atoms with van der Waals surface area (Å²) in [6, 6.07) is 7.96. The fourth-order valence-corrected chi connectivity index (χ4v) is 2.32. The number of benzene rings is 1. The molecule has 0 spiro atoms. The van der Waals surface area contributed by atoms with Crippen molar-refractivity contribution >= 4 is 29.9 Å². The number of hydrogen-bond donors (Lipinski definition) is 2. The van der Waals surface area contributed by atoms with Crippen LogP contribution in [-0.4, -0.2) is 34.4 Å². The zero-order valence-corrected chi connectivity index (χ0v) is 19.2. The zero-order valence-electron chi connectivity index (χ0n) is 16.8. The van der Waals surface area contributed by atoms with Crippen molar-refractivity contribution in [3.05, 3.63) is 41.5 Å². The fourth-order valence-electron chi connectivity index (χ4n) is 2.32. The molecule has 0 radical (unpaired) electrons. The first-order chi connectivity index (χ1) is 12.5. The summed E-state index contributed by atoms with van der Waals surface area (Å²) in [5, 5.41) is 15.0. The van der Waals surface area contributed by atoms with Crippen molar-refractivity contribution in [1.29, 1.82) is 0 Å². The molecule has 0 aliphatic rings. The number of aliphatic imine (C=N–C) groups is 1. The Morgan fingerprint density at radius 3 is 2.44 bits per heavy atom. The summed E-state index contributed by atoms with van der Waals surface area (Å²) in [7, 11) is 3.63. The summed E-state index contributed by atoms with van der Waals surface area (Å²) < 4.78 is 7.17. The molecule has 150 valence electrons. The molecule has 1 aromatic heterocycles. The molecular formula is C19H31IN6O. The Bertz CT molecular complexity index is 711. The van der Waals surface area contributed by atoms with Gasteiger partial charge in [0.25, 0.3) is 0 Å². The number of nitrogens with zero attached hydrogens (tertiary/aromatic N) is 4. The molecule has 1 aromatic carbocycles. The second-order valence-corrected chi connectivity index (χ2v) is 6.70. The van der Waals surface area contributed by atoms with Crippen molar-refractivity contribution in [2.45, 2.75) is 40.3 Å². The molecule has 27 heavy (non-hydrogen) atoms. The number of methoxy groups -OCH3 is 1. The van der Waals surface area contributed by atoms with Gasteiger partial charge >= 0.3 is 0 Å². The SMILES string of the molecule is COc1ccc(CN=C(NCCC(C)C)NCc2nnc(C)n2C)cc1.I. The fraction of sp³-hybridized carbons (Fsp3) is 0.526. The van der Waals surface area contributed by atoms with Crippen LogP contribution in [0.5, 0.6) is 5.75 Å².